The Morgan fingerprint density at radius 2 is 2.07 bits per heavy atom. The molecule has 0 bridgehead atoms. The zero-order chi connectivity index (χ0) is 20.1. The highest BCUT2D eigenvalue weighted by atomic mass is 19.4. The molecule has 7 nitrogen and oxygen atoms in total. The van der Waals surface area contributed by atoms with Crippen LogP contribution in [0.15, 0.2) is 17.4 Å². The first-order valence-corrected chi connectivity index (χ1v) is 8.66. The van der Waals surface area contributed by atoms with Crippen molar-refractivity contribution >= 4 is 17.7 Å². The molecular weight excluding hydrogens is 361 g/mol. The molecule has 1 aromatic rings. The third-order valence-corrected chi connectivity index (χ3v) is 3.93. The van der Waals surface area contributed by atoms with Gasteiger partial charge in [0, 0.05) is 30.2 Å². The molecule has 0 saturated carbocycles. The molecule has 0 aromatic carbocycles. The van der Waals surface area contributed by atoms with E-state index >= 15 is 0 Å². The predicted molar refractivity (Wildman–Crippen MR) is 98.4 cm³/mol. The topological polar surface area (TPSA) is 108 Å². The predicted octanol–water partition coefficient (Wildman–Crippen LogP) is 1.80. The average molecular weight is 386 g/mol. The van der Waals surface area contributed by atoms with Gasteiger partial charge < -0.3 is 21.5 Å². The Labute approximate surface area is 156 Å². The number of nitrogens with two attached hydrogens (primary N) is 1. The van der Waals surface area contributed by atoms with Crippen molar-refractivity contribution in [2.24, 2.45) is 10.7 Å². The first-order chi connectivity index (χ1) is 12.6. The molecule has 10 heteroatoms. The molecule has 0 spiro atoms. The van der Waals surface area contributed by atoms with Crippen LogP contribution in [-0.2, 0) is 6.18 Å². The van der Waals surface area contributed by atoms with Gasteiger partial charge in [-0.05, 0) is 39.8 Å². The number of anilines is 1. The molecule has 0 amide bonds. The fraction of sp³-hybridized carbons (Fsp3) is 0.588. The highest BCUT2D eigenvalue weighted by molar-refractivity contribution is 6.09. The van der Waals surface area contributed by atoms with Gasteiger partial charge in [-0.25, -0.2) is 9.97 Å². The van der Waals surface area contributed by atoms with Crippen LogP contribution in [-0.4, -0.2) is 52.6 Å². The Hall–Kier alpha value is -2.20. The molecule has 2 heterocycles. The van der Waals surface area contributed by atoms with Gasteiger partial charge in [-0.1, -0.05) is 0 Å². The number of nitrogens with zero attached hydrogens (tertiary/aromatic N) is 3. The van der Waals surface area contributed by atoms with Crippen molar-refractivity contribution in [3.63, 3.8) is 0 Å². The van der Waals surface area contributed by atoms with Crippen LogP contribution in [0.2, 0.25) is 0 Å². The summed E-state index contributed by atoms with van der Waals surface area (Å²) in [5, 5.41) is 16.0. The summed E-state index contributed by atoms with van der Waals surface area (Å²) in [7, 11) is 0. The van der Waals surface area contributed by atoms with Crippen molar-refractivity contribution in [3.05, 3.63) is 23.7 Å². The number of allylic oxidation sites excluding steroid dienone is 1. The van der Waals surface area contributed by atoms with Crippen molar-refractivity contribution in [2.45, 2.75) is 44.5 Å². The monoisotopic (exact) mass is 386 g/mol. The molecule has 5 N–H and O–H groups in total. The van der Waals surface area contributed by atoms with Crippen LogP contribution >= 0.6 is 0 Å². The molecule has 1 aliphatic rings. The van der Waals surface area contributed by atoms with Gasteiger partial charge >= 0.3 is 6.18 Å². The van der Waals surface area contributed by atoms with Gasteiger partial charge in [0.2, 0.25) is 5.95 Å². The van der Waals surface area contributed by atoms with Gasteiger partial charge in [-0.15, -0.1) is 0 Å². The summed E-state index contributed by atoms with van der Waals surface area (Å²) in [6, 6.07) is 0.0880. The van der Waals surface area contributed by atoms with Gasteiger partial charge in [0.05, 0.1) is 17.8 Å². The molecule has 0 unspecified atom stereocenters. The van der Waals surface area contributed by atoms with Crippen LogP contribution in [0, 0.1) is 0 Å². The van der Waals surface area contributed by atoms with E-state index in [9.17, 15) is 18.3 Å². The van der Waals surface area contributed by atoms with Crippen LogP contribution in [0.25, 0.3) is 5.57 Å². The van der Waals surface area contributed by atoms with Gasteiger partial charge in [0.1, 0.15) is 5.56 Å². The minimum atomic E-state index is -4.64. The lowest BCUT2D eigenvalue weighted by molar-refractivity contribution is -0.138. The van der Waals surface area contributed by atoms with Crippen molar-refractivity contribution in [3.8, 4) is 0 Å². The van der Waals surface area contributed by atoms with E-state index in [2.05, 4.69) is 25.6 Å². The van der Waals surface area contributed by atoms with Gasteiger partial charge in [-0.3, -0.25) is 4.99 Å². The Bertz CT molecular complexity index is 691. The molecule has 1 fully saturated rings. The number of piperidine rings is 1. The molecule has 27 heavy (non-hydrogen) atoms. The molecule has 150 valence electrons. The summed E-state index contributed by atoms with van der Waals surface area (Å²) in [6.07, 6.45) is -0.0394. The first-order valence-electron chi connectivity index (χ1n) is 8.66. The Kier molecular flexibility index (Phi) is 6.77. The second-order valence-electron chi connectivity index (χ2n) is 7.03. The lowest BCUT2D eigenvalue weighted by Gasteiger charge is -2.24. The molecular formula is C17H25F3N6O. The van der Waals surface area contributed by atoms with Crippen LogP contribution in [0.1, 0.15) is 37.9 Å². The van der Waals surface area contributed by atoms with Crippen molar-refractivity contribution in [1.29, 1.82) is 0 Å². The van der Waals surface area contributed by atoms with Gasteiger partial charge in [0.15, 0.2) is 0 Å². The van der Waals surface area contributed by atoms with E-state index in [1.54, 1.807) is 13.8 Å². The Morgan fingerprint density at radius 3 is 2.63 bits per heavy atom. The first kappa shape index (κ1) is 21.1. The van der Waals surface area contributed by atoms with Crippen LogP contribution in [0.4, 0.5) is 19.1 Å². The summed E-state index contributed by atoms with van der Waals surface area (Å²) in [5.74, 6) is 0.111. The number of aliphatic hydroxyl groups is 1. The number of nitrogens with one attached hydrogen (secondary N) is 2. The zero-order valence-electron chi connectivity index (χ0n) is 15.3. The number of aromatic nitrogens is 2. The average Bonchev–Trinajstić information content (AvgIpc) is 2.58. The van der Waals surface area contributed by atoms with E-state index in [-0.39, 0.29) is 29.8 Å². The number of alkyl halides is 3. The number of aliphatic imine (C=N–C) groups is 1. The van der Waals surface area contributed by atoms with E-state index < -0.39 is 17.3 Å². The van der Waals surface area contributed by atoms with Crippen LogP contribution in [0.5, 0.6) is 0 Å². The molecule has 1 saturated heterocycles. The highest BCUT2D eigenvalue weighted by Gasteiger charge is 2.36. The normalized spacial score (nSPS) is 17.5. The summed E-state index contributed by atoms with van der Waals surface area (Å²) < 4.78 is 40.2. The third kappa shape index (κ3) is 6.47. The lowest BCUT2D eigenvalue weighted by Crippen LogP contribution is -2.35. The quantitative estimate of drug-likeness (QED) is 0.555. The minimum Gasteiger partial charge on any atom is -0.404 e. The Balaban J connectivity index is 2.32. The summed E-state index contributed by atoms with van der Waals surface area (Å²) >= 11 is 0. The largest absolute Gasteiger partial charge is 0.419 e. The number of halogens is 3. The van der Waals surface area contributed by atoms with Gasteiger partial charge in [0.25, 0.3) is 0 Å². The maximum absolute atomic E-state index is 13.4. The Morgan fingerprint density at radius 1 is 1.41 bits per heavy atom. The fourth-order valence-corrected chi connectivity index (χ4v) is 2.58. The van der Waals surface area contributed by atoms with E-state index in [1.165, 1.54) is 6.21 Å². The second-order valence-corrected chi connectivity index (χ2v) is 7.03. The maximum Gasteiger partial charge on any atom is 0.419 e. The van der Waals surface area contributed by atoms with Crippen LogP contribution < -0.4 is 16.4 Å². The van der Waals surface area contributed by atoms with Crippen molar-refractivity contribution < 1.29 is 18.3 Å². The van der Waals surface area contributed by atoms with Gasteiger partial charge in [-0.2, -0.15) is 13.2 Å². The maximum atomic E-state index is 13.4. The number of hydrogen-bond donors (Lipinski definition) is 4. The summed E-state index contributed by atoms with van der Waals surface area (Å²) in [6.45, 7) is 4.74. The highest BCUT2D eigenvalue weighted by Crippen LogP contribution is 2.33. The summed E-state index contributed by atoms with van der Waals surface area (Å²) in [5.41, 5.74) is 3.10. The van der Waals surface area contributed by atoms with E-state index in [0.29, 0.717) is 0 Å². The fourth-order valence-electron chi connectivity index (χ4n) is 2.58. The molecule has 2 rings (SSSR count). The molecule has 1 aliphatic heterocycles. The molecule has 0 radical (unpaired) electrons. The number of hydrogen-bond acceptors (Lipinski definition) is 7. The minimum absolute atomic E-state index is 0.00216. The SMILES string of the molecule is CC(C)(O)CN=C/C(=C\N)c1nc(NC2CCNCC2)ncc1C(F)(F)F. The zero-order valence-corrected chi connectivity index (χ0v) is 15.3. The number of rotatable bonds is 6. The molecule has 1 aromatic heterocycles. The molecule has 0 atom stereocenters. The lowest BCUT2D eigenvalue weighted by atomic mass is 10.1. The standard InChI is InChI=1S/C17H25F3N6O/c1-16(2,27)10-23-8-11(7-21)14-13(17(18,19)20)9-24-15(26-14)25-12-3-5-22-6-4-12/h7-9,12,22,27H,3-6,10,21H2,1-2H3,(H,24,25,26)/b11-7+,23-8?. The van der Waals surface area contributed by atoms with E-state index in [1.807, 2.05) is 0 Å². The smallest absolute Gasteiger partial charge is 0.404 e. The van der Waals surface area contributed by atoms with Crippen molar-refractivity contribution in [1.82, 2.24) is 15.3 Å². The van der Waals surface area contributed by atoms with E-state index in [0.717, 1.165) is 38.3 Å². The molecule has 0 aliphatic carbocycles. The van der Waals surface area contributed by atoms with E-state index in [4.69, 9.17) is 5.73 Å². The second kappa shape index (κ2) is 8.66. The van der Waals surface area contributed by atoms with Crippen LogP contribution in [0.3, 0.4) is 0 Å². The van der Waals surface area contributed by atoms with Crippen molar-refractivity contribution in [2.75, 3.05) is 25.0 Å². The summed E-state index contributed by atoms with van der Waals surface area (Å²) in [4.78, 5) is 11.9. The third-order valence-electron chi connectivity index (χ3n) is 3.93.